The number of rotatable bonds is 4. The molecule has 0 bridgehead atoms. The maximum absolute atomic E-state index is 5.05. The minimum Gasteiger partial charge on any atom is -0.256 e. The van der Waals surface area contributed by atoms with Gasteiger partial charge in [-0.1, -0.05) is 42.5 Å². The fourth-order valence-electron chi connectivity index (χ4n) is 3.77. The molecule has 0 aliphatic carbocycles. The normalized spacial score (nSPS) is 11.7. The summed E-state index contributed by atoms with van der Waals surface area (Å²) in [6, 6.07) is 28.6. The first-order valence-electron chi connectivity index (χ1n) is 10.1. The third-order valence-corrected chi connectivity index (χ3v) is 5.56. The Labute approximate surface area is 175 Å². The summed E-state index contributed by atoms with van der Waals surface area (Å²) >= 11 is 0. The van der Waals surface area contributed by atoms with Gasteiger partial charge in [-0.15, -0.1) is 0 Å². The number of hydrogen-bond donors (Lipinski definition) is 0. The first kappa shape index (κ1) is 18.3. The van der Waals surface area contributed by atoms with E-state index < -0.39 is 0 Å². The smallest absolute Gasteiger partial charge is 0.0744 e. The second-order valence-electron chi connectivity index (χ2n) is 7.89. The number of hydrogen-bond acceptors (Lipinski definition) is 3. The first-order chi connectivity index (χ1) is 14.6. The number of pyridine rings is 2. The van der Waals surface area contributed by atoms with Gasteiger partial charge in [0, 0.05) is 23.3 Å². The van der Waals surface area contributed by atoms with E-state index in [1.54, 1.807) is 0 Å². The van der Waals surface area contributed by atoms with Crippen molar-refractivity contribution >= 4 is 10.9 Å². The van der Waals surface area contributed by atoms with E-state index in [1.807, 2.05) is 59.5 Å². The summed E-state index contributed by atoms with van der Waals surface area (Å²) in [6.45, 7) is 4.34. The average Bonchev–Trinajstić information content (AvgIpc) is 3.31. The molecule has 0 spiro atoms. The maximum atomic E-state index is 5.05. The van der Waals surface area contributed by atoms with Crippen LogP contribution in [0.15, 0.2) is 97.3 Å². The van der Waals surface area contributed by atoms with E-state index in [4.69, 9.17) is 10.1 Å². The van der Waals surface area contributed by atoms with Crippen LogP contribution in [-0.4, -0.2) is 19.7 Å². The van der Waals surface area contributed by atoms with Gasteiger partial charge in [0.15, 0.2) is 0 Å². The standard InChI is InChI=1S/C26H22N4/c1-26(2,25-16-18-30(29-25)19-9-4-3-5-10-19)24-14-8-13-23(28-24)21-15-17-27-22-12-7-6-11-20(21)22/h3-18H,1-2H3. The number of aromatic nitrogens is 4. The maximum Gasteiger partial charge on any atom is 0.0744 e. The van der Waals surface area contributed by atoms with Gasteiger partial charge in [-0.2, -0.15) is 5.10 Å². The number of nitrogens with zero attached hydrogens (tertiary/aromatic N) is 4. The van der Waals surface area contributed by atoms with Crippen molar-refractivity contribution in [3.63, 3.8) is 0 Å². The van der Waals surface area contributed by atoms with Gasteiger partial charge in [0.2, 0.25) is 0 Å². The van der Waals surface area contributed by atoms with Crippen molar-refractivity contribution in [2.75, 3.05) is 0 Å². The second kappa shape index (κ2) is 7.23. The van der Waals surface area contributed by atoms with E-state index in [0.717, 1.165) is 39.2 Å². The summed E-state index contributed by atoms with van der Waals surface area (Å²) < 4.78 is 1.91. The first-order valence-corrected chi connectivity index (χ1v) is 10.1. The van der Waals surface area contributed by atoms with Crippen molar-refractivity contribution in [1.82, 2.24) is 19.7 Å². The molecular weight excluding hydrogens is 368 g/mol. The van der Waals surface area contributed by atoms with Crippen molar-refractivity contribution in [3.05, 3.63) is 109 Å². The molecule has 0 saturated carbocycles. The fourth-order valence-corrected chi connectivity index (χ4v) is 3.77. The van der Waals surface area contributed by atoms with E-state index in [9.17, 15) is 0 Å². The zero-order chi connectivity index (χ0) is 20.6. The molecule has 0 radical (unpaired) electrons. The van der Waals surface area contributed by atoms with Crippen LogP contribution < -0.4 is 0 Å². The van der Waals surface area contributed by atoms with E-state index in [0.29, 0.717) is 0 Å². The average molecular weight is 390 g/mol. The molecule has 0 amide bonds. The Morgan fingerprint density at radius 1 is 0.733 bits per heavy atom. The molecule has 146 valence electrons. The summed E-state index contributed by atoms with van der Waals surface area (Å²) in [5, 5.41) is 5.95. The number of para-hydroxylation sites is 2. The number of fused-ring (bicyclic) bond motifs is 1. The highest BCUT2D eigenvalue weighted by molar-refractivity contribution is 5.93. The summed E-state index contributed by atoms with van der Waals surface area (Å²) in [5.41, 5.74) is 5.69. The Hall–Kier alpha value is -3.79. The van der Waals surface area contributed by atoms with E-state index in [-0.39, 0.29) is 5.41 Å². The van der Waals surface area contributed by atoms with Gasteiger partial charge >= 0.3 is 0 Å². The topological polar surface area (TPSA) is 43.6 Å². The van der Waals surface area contributed by atoms with Crippen LogP contribution in [0.5, 0.6) is 0 Å². The van der Waals surface area contributed by atoms with Crippen LogP contribution in [0.25, 0.3) is 27.8 Å². The van der Waals surface area contributed by atoms with Crippen molar-refractivity contribution in [3.8, 4) is 16.9 Å². The van der Waals surface area contributed by atoms with Gasteiger partial charge in [0.05, 0.1) is 33.7 Å². The lowest BCUT2D eigenvalue weighted by atomic mass is 9.85. The molecule has 4 heteroatoms. The van der Waals surface area contributed by atoms with Crippen LogP contribution in [0.1, 0.15) is 25.2 Å². The lowest BCUT2D eigenvalue weighted by Gasteiger charge is -2.22. The molecule has 4 nitrogen and oxygen atoms in total. The lowest BCUT2D eigenvalue weighted by molar-refractivity contribution is 0.586. The van der Waals surface area contributed by atoms with Crippen LogP contribution in [0.4, 0.5) is 0 Å². The van der Waals surface area contributed by atoms with Gasteiger partial charge in [0.25, 0.3) is 0 Å². The minimum absolute atomic E-state index is 0.334. The monoisotopic (exact) mass is 390 g/mol. The van der Waals surface area contributed by atoms with Crippen LogP contribution in [0.2, 0.25) is 0 Å². The summed E-state index contributed by atoms with van der Waals surface area (Å²) in [5.74, 6) is 0. The van der Waals surface area contributed by atoms with Crippen LogP contribution >= 0.6 is 0 Å². The molecule has 3 aromatic heterocycles. The molecule has 0 aliphatic heterocycles. The van der Waals surface area contributed by atoms with Crippen molar-refractivity contribution in [2.24, 2.45) is 0 Å². The molecule has 0 saturated heterocycles. The largest absolute Gasteiger partial charge is 0.256 e. The van der Waals surface area contributed by atoms with E-state index in [1.165, 1.54) is 0 Å². The van der Waals surface area contributed by atoms with E-state index >= 15 is 0 Å². The van der Waals surface area contributed by atoms with Crippen LogP contribution in [0, 0.1) is 0 Å². The SMILES string of the molecule is CC(C)(c1cccc(-c2ccnc3ccccc23)n1)c1ccn(-c2ccccc2)n1. The molecule has 3 heterocycles. The van der Waals surface area contributed by atoms with Gasteiger partial charge in [-0.05, 0) is 56.3 Å². The molecule has 0 fully saturated rings. The fraction of sp³-hybridized carbons (Fsp3) is 0.115. The van der Waals surface area contributed by atoms with Gasteiger partial charge in [-0.25, -0.2) is 4.68 Å². The molecule has 5 aromatic rings. The predicted molar refractivity (Wildman–Crippen MR) is 121 cm³/mol. The Morgan fingerprint density at radius 2 is 1.53 bits per heavy atom. The molecule has 30 heavy (non-hydrogen) atoms. The Bertz CT molecular complexity index is 1310. The van der Waals surface area contributed by atoms with E-state index in [2.05, 4.69) is 61.3 Å². The second-order valence-corrected chi connectivity index (χ2v) is 7.89. The third-order valence-electron chi connectivity index (χ3n) is 5.56. The Balaban J connectivity index is 1.56. The molecule has 2 aromatic carbocycles. The molecule has 0 unspecified atom stereocenters. The highest BCUT2D eigenvalue weighted by Gasteiger charge is 2.28. The summed E-state index contributed by atoms with van der Waals surface area (Å²) in [4.78, 5) is 9.52. The third kappa shape index (κ3) is 3.16. The predicted octanol–water partition coefficient (Wildman–Crippen LogP) is 5.81. The van der Waals surface area contributed by atoms with Gasteiger partial charge < -0.3 is 0 Å². The number of benzene rings is 2. The highest BCUT2D eigenvalue weighted by Crippen LogP contribution is 2.32. The zero-order valence-corrected chi connectivity index (χ0v) is 17.0. The highest BCUT2D eigenvalue weighted by atomic mass is 15.3. The quantitative estimate of drug-likeness (QED) is 0.389. The summed E-state index contributed by atoms with van der Waals surface area (Å²) in [7, 11) is 0. The van der Waals surface area contributed by atoms with Crippen molar-refractivity contribution < 1.29 is 0 Å². The minimum atomic E-state index is -0.334. The van der Waals surface area contributed by atoms with Crippen molar-refractivity contribution in [2.45, 2.75) is 19.3 Å². The molecule has 0 aliphatic rings. The summed E-state index contributed by atoms with van der Waals surface area (Å²) in [6.07, 6.45) is 3.85. The molecule has 0 atom stereocenters. The van der Waals surface area contributed by atoms with Crippen molar-refractivity contribution in [1.29, 1.82) is 0 Å². The van der Waals surface area contributed by atoms with Crippen LogP contribution in [-0.2, 0) is 5.41 Å². The Morgan fingerprint density at radius 3 is 2.40 bits per heavy atom. The Kier molecular flexibility index (Phi) is 4.40. The molecule has 0 N–H and O–H groups in total. The van der Waals surface area contributed by atoms with Gasteiger partial charge in [0.1, 0.15) is 0 Å². The molecule has 5 rings (SSSR count). The van der Waals surface area contributed by atoms with Crippen LogP contribution in [0.3, 0.4) is 0 Å². The zero-order valence-electron chi connectivity index (χ0n) is 17.0. The van der Waals surface area contributed by atoms with Gasteiger partial charge in [-0.3, -0.25) is 9.97 Å². The molecular formula is C26H22N4. The lowest BCUT2D eigenvalue weighted by Crippen LogP contribution is -2.22.